The molecule has 0 aromatic heterocycles. The average Bonchev–Trinajstić information content (AvgIpc) is 3.64. The summed E-state index contributed by atoms with van der Waals surface area (Å²) in [4.78, 5) is 91.6. The van der Waals surface area contributed by atoms with Crippen molar-refractivity contribution in [3.63, 3.8) is 0 Å². The van der Waals surface area contributed by atoms with Gasteiger partial charge in [-0.3, -0.25) is 33.6 Å². The molecule has 67 heavy (non-hydrogen) atoms. The van der Waals surface area contributed by atoms with Crippen molar-refractivity contribution in [2.24, 2.45) is 28.7 Å². The van der Waals surface area contributed by atoms with Crippen LogP contribution in [0.1, 0.15) is 115 Å². The Kier molecular flexibility index (Phi) is 18.5. The predicted octanol–water partition coefficient (Wildman–Crippen LogP) is 1.54. The number of carbonyl (C=O) groups is 7. The highest BCUT2D eigenvalue weighted by Gasteiger charge is 2.67. The Balaban J connectivity index is 1.09. The quantitative estimate of drug-likeness (QED) is 0.0509. The summed E-state index contributed by atoms with van der Waals surface area (Å²) in [5.74, 6) is -4.20. The molecule has 1 aliphatic heterocycles. The van der Waals surface area contributed by atoms with E-state index in [9.17, 15) is 38.7 Å². The molecule has 1 saturated heterocycles. The Labute approximate surface area is 394 Å². The molecule has 0 radical (unpaired) electrons. The van der Waals surface area contributed by atoms with Crippen molar-refractivity contribution in [3.8, 4) is 11.1 Å². The van der Waals surface area contributed by atoms with Gasteiger partial charge in [0, 0.05) is 18.5 Å². The minimum atomic E-state index is -1.56. The lowest BCUT2D eigenvalue weighted by Gasteiger charge is -2.64. The number of nitrogens with two attached hydrogens (primary N) is 2. The molecule has 18 nitrogen and oxygen atoms in total. The molecule has 366 valence electrons. The number of benzene rings is 2. The molecule has 4 fully saturated rings. The van der Waals surface area contributed by atoms with Gasteiger partial charge in [0.25, 0.3) is 5.91 Å². The van der Waals surface area contributed by atoms with Crippen LogP contribution in [0.4, 0.5) is 0 Å². The highest BCUT2D eigenvalue weighted by atomic mass is 16.7. The Hall–Kier alpha value is -5.37. The van der Waals surface area contributed by atoms with Crippen molar-refractivity contribution in [1.82, 2.24) is 31.9 Å². The lowest BCUT2D eigenvalue weighted by atomic mass is 9.43. The largest absolute Gasteiger partial charge is 0.478 e. The maximum Gasteiger partial charge on any atom is 0.478 e. The lowest BCUT2D eigenvalue weighted by Crippen LogP contribution is -2.65. The van der Waals surface area contributed by atoms with E-state index in [4.69, 9.17) is 20.8 Å². The first-order valence-corrected chi connectivity index (χ1v) is 23.7. The number of aliphatic hydroxyl groups excluding tert-OH is 1. The smallest absolute Gasteiger partial charge is 0.404 e. The minimum absolute atomic E-state index is 0.0218. The van der Waals surface area contributed by atoms with E-state index in [0.717, 1.165) is 43.2 Å². The Bertz CT molecular complexity index is 2070. The summed E-state index contributed by atoms with van der Waals surface area (Å²) in [7, 11) is -0.731. The van der Waals surface area contributed by atoms with Crippen LogP contribution in [0.15, 0.2) is 48.5 Å². The molecular weight excluding hydrogens is 859 g/mol. The molecule has 2 bridgehead atoms. The number of hydrogen-bond acceptors (Lipinski definition) is 11. The van der Waals surface area contributed by atoms with Crippen molar-refractivity contribution < 1.29 is 48.0 Å². The molecule has 2 aromatic rings. The first-order valence-electron chi connectivity index (χ1n) is 23.7. The fourth-order valence-corrected chi connectivity index (χ4v) is 9.56. The highest BCUT2D eigenvalue weighted by Crippen LogP contribution is 2.65. The van der Waals surface area contributed by atoms with E-state index in [-0.39, 0.29) is 43.3 Å². The molecule has 7 amide bonds. The summed E-state index contributed by atoms with van der Waals surface area (Å²) in [6, 6.07) is 10.1. The zero-order chi connectivity index (χ0) is 49.1. The van der Waals surface area contributed by atoms with E-state index < -0.39 is 84.9 Å². The first kappa shape index (κ1) is 52.6. The van der Waals surface area contributed by atoms with Crippen LogP contribution in [0.25, 0.3) is 11.1 Å². The molecule has 9 unspecified atom stereocenters. The van der Waals surface area contributed by atoms with Crippen LogP contribution < -0.4 is 43.4 Å². The number of aryl methyl sites for hydroxylation is 1. The molecule has 19 heteroatoms. The number of rotatable bonds is 25. The second-order valence-corrected chi connectivity index (χ2v) is 19.1. The third-order valence-electron chi connectivity index (χ3n) is 13.8. The summed E-state index contributed by atoms with van der Waals surface area (Å²) >= 11 is 0. The minimum Gasteiger partial charge on any atom is -0.404 e. The third-order valence-corrected chi connectivity index (χ3v) is 13.8. The van der Waals surface area contributed by atoms with Gasteiger partial charge in [-0.2, -0.15) is 0 Å². The van der Waals surface area contributed by atoms with Gasteiger partial charge in [0.15, 0.2) is 0 Å². The maximum atomic E-state index is 13.6. The molecule has 2 aromatic carbocycles. The van der Waals surface area contributed by atoms with E-state index in [1.165, 1.54) is 19.4 Å². The van der Waals surface area contributed by atoms with Gasteiger partial charge in [0.1, 0.15) is 24.2 Å². The first-order chi connectivity index (χ1) is 31.8. The number of hydrogen-bond donors (Lipinski definition) is 9. The third kappa shape index (κ3) is 13.6. The summed E-state index contributed by atoms with van der Waals surface area (Å²) in [6.45, 7) is 11.6. The number of aliphatic hydroxyl groups is 1. The fourth-order valence-electron chi connectivity index (χ4n) is 9.56. The SMILES string of the molecule is CCCCc1ccc(-c2ccc(C(=O)NCCC(=O)NC(CCCCN)C(=O)NC(C(=O)NC(C)C(=O)NC(CC(N)=O)C(=O)NCB3OC4CC5CC(C5(C)C)C4(C)O3)C(C)O)cc2)cc1. The van der Waals surface area contributed by atoms with Gasteiger partial charge in [-0.05, 0) is 118 Å². The maximum absolute atomic E-state index is 13.6. The van der Waals surface area contributed by atoms with Crippen molar-refractivity contribution in [1.29, 1.82) is 0 Å². The van der Waals surface area contributed by atoms with Crippen LogP contribution in [0.3, 0.4) is 0 Å². The van der Waals surface area contributed by atoms with Crippen LogP contribution in [0, 0.1) is 17.3 Å². The van der Waals surface area contributed by atoms with E-state index in [1.54, 1.807) is 12.1 Å². The van der Waals surface area contributed by atoms with Gasteiger partial charge in [0.05, 0.1) is 30.7 Å². The molecule has 4 aliphatic rings. The molecule has 0 spiro atoms. The molecule has 3 aliphatic carbocycles. The standard InChI is InChI=1S/C48H71BN8O10/c1-7-8-11-30-13-15-31(16-14-30)32-17-19-33(20-18-32)43(62)52-23-21-40(60)55-35(12-9-10-22-50)45(64)57-41(29(3)58)46(65)54-28(2)42(61)56-36(26-39(51)59)44(63)53-27-49-66-38-25-34-24-37(47(34,4)5)48(38,6)67-49/h13-20,28-29,34-38,41,58H,7-12,21-27,50H2,1-6H3,(H2,51,59)(H,52,62)(H,53,63)(H,54,65)(H,55,60)(H,56,61)(H,57,64). The topological polar surface area (TPSA) is 282 Å². The summed E-state index contributed by atoms with van der Waals surface area (Å²) in [6.07, 6.45) is 4.07. The van der Waals surface area contributed by atoms with Gasteiger partial charge in [-0.15, -0.1) is 0 Å². The van der Waals surface area contributed by atoms with Crippen LogP contribution >= 0.6 is 0 Å². The number of amides is 7. The van der Waals surface area contributed by atoms with E-state index in [0.29, 0.717) is 36.8 Å². The van der Waals surface area contributed by atoms with Gasteiger partial charge in [0.2, 0.25) is 35.4 Å². The highest BCUT2D eigenvalue weighted by molar-refractivity contribution is 6.46. The lowest BCUT2D eigenvalue weighted by molar-refractivity contribution is -0.199. The van der Waals surface area contributed by atoms with E-state index >= 15 is 0 Å². The fraction of sp³-hybridized carbons (Fsp3) is 0.604. The van der Waals surface area contributed by atoms with Crippen LogP contribution in [0.5, 0.6) is 0 Å². The van der Waals surface area contributed by atoms with Crippen molar-refractivity contribution >= 4 is 48.5 Å². The van der Waals surface area contributed by atoms with E-state index in [2.05, 4.69) is 76.9 Å². The Morgan fingerprint density at radius 1 is 0.806 bits per heavy atom. The summed E-state index contributed by atoms with van der Waals surface area (Å²) < 4.78 is 12.5. The Morgan fingerprint density at radius 3 is 2.09 bits per heavy atom. The molecule has 1 heterocycles. The zero-order valence-electron chi connectivity index (χ0n) is 39.8. The van der Waals surface area contributed by atoms with Gasteiger partial charge in [-0.25, -0.2) is 0 Å². The Morgan fingerprint density at radius 2 is 1.48 bits per heavy atom. The molecule has 6 rings (SSSR count). The molecule has 11 N–H and O–H groups in total. The number of nitrogens with one attached hydrogen (secondary N) is 6. The van der Waals surface area contributed by atoms with Gasteiger partial charge >= 0.3 is 7.12 Å². The number of primary amides is 1. The van der Waals surface area contributed by atoms with Crippen LogP contribution in [-0.2, 0) is 44.5 Å². The second-order valence-electron chi connectivity index (χ2n) is 19.1. The summed E-state index contributed by atoms with van der Waals surface area (Å²) in [5.41, 5.74) is 14.4. The number of unbranched alkanes of at least 4 members (excludes halogenated alkanes) is 2. The van der Waals surface area contributed by atoms with Gasteiger partial charge in [-0.1, -0.05) is 63.6 Å². The molecule has 3 saturated carbocycles. The van der Waals surface area contributed by atoms with Gasteiger partial charge < -0.3 is 57.8 Å². The number of carbonyl (C=O) groups excluding carboxylic acids is 7. The summed E-state index contributed by atoms with van der Waals surface area (Å²) in [5, 5.41) is 26.0. The van der Waals surface area contributed by atoms with Crippen molar-refractivity contribution in [2.75, 3.05) is 19.5 Å². The van der Waals surface area contributed by atoms with Crippen LogP contribution in [-0.4, -0.2) is 115 Å². The molecular formula is C48H71BN8O10. The predicted molar refractivity (Wildman–Crippen MR) is 252 cm³/mol. The van der Waals surface area contributed by atoms with E-state index in [1.807, 2.05) is 19.1 Å². The monoisotopic (exact) mass is 931 g/mol. The van der Waals surface area contributed by atoms with Crippen molar-refractivity contribution in [3.05, 3.63) is 59.7 Å². The van der Waals surface area contributed by atoms with Crippen LogP contribution in [0.2, 0.25) is 0 Å². The normalized spacial score (nSPS) is 22.3. The molecule has 9 atom stereocenters. The van der Waals surface area contributed by atoms with Crippen molar-refractivity contribution in [2.45, 2.75) is 148 Å². The average molecular weight is 931 g/mol. The zero-order valence-corrected chi connectivity index (χ0v) is 39.8. The second kappa shape index (κ2) is 23.6.